The Labute approximate surface area is 112 Å². The molecule has 0 aliphatic carbocycles. The number of nitrogens with zero attached hydrogens (tertiary/aromatic N) is 1. The van der Waals surface area contributed by atoms with Gasteiger partial charge in [-0.1, -0.05) is 15.9 Å². The van der Waals surface area contributed by atoms with Crippen molar-refractivity contribution in [2.75, 3.05) is 5.32 Å². The molecule has 0 unspecified atom stereocenters. The lowest BCUT2D eigenvalue weighted by Crippen LogP contribution is -2.13. The zero-order valence-corrected chi connectivity index (χ0v) is 11.1. The molecular formula is C13H9BrN2O2. The van der Waals surface area contributed by atoms with E-state index >= 15 is 0 Å². The molecule has 1 heterocycles. The van der Waals surface area contributed by atoms with Crippen molar-refractivity contribution in [2.24, 2.45) is 0 Å². The standard InChI is InChI=1S/C13H9BrN2O2/c1-8-4-5-18-12(8)13(17)16-11-3-2-10(14)6-9(11)7-15/h2-6H,1H3,(H,16,17). The summed E-state index contributed by atoms with van der Waals surface area (Å²) >= 11 is 3.27. The molecule has 90 valence electrons. The van der Waals surface area contributed by atoms with Crippen molar-refractivity contribution >= 4 is 27.5 Å². The first-order valence-corrected chi connectivity index (χ1v) is 5.96. The molecule has 0 atom stereocenters. The summed E-state index contributed by atoms with van der Waals surface area (Å²) in [4.78, 5) is 11.9. The average Bonchev–Trinajstić information content (AvgIpc) is 2.77. The van der Waals surface area contributed by atoms with Gasteiger partial charge in [0, 0.05) is 10.0 Å². The quantitative estimate of drug-likeness (QED) is 0.923. The fourth-order valence-corrected chi connectivity index (χ4v) is 1.86. The molecule has 18 heavy (non-hydrogen) atoms. The van der Waals surface area contributed by atoms with E-state index in [-0.39, 0.29) is 11.7 Å². The van der Waals surface area contributed by atoms with E-state index in [1.54, 1.807) is 31.2 Å². The molecule has 2 aromatic rings. The Morgan fingerprint density at radius 1 is 1.44 bits per heavy atom. The topological polar surface area (TPSA) is 66.0 Å². The van der Waals surface area contributed by atoms with Gasteiger partial charge in [-0.15, -0.1) is 0 Å². The van der Waals surface area contributed by atoms with Crippen LogP contribution in [0, 0.1) is 18.3 Å². The van der Waals surface area contributed by atoms with Gasteiger partial charge >= 0.3 is 0 Å². The number of anilines is 1. The van der Waals surface area contributed by atoms with Gasteiger partial charge in [-0.3, -0.25) is 4.79 Å². The number of carbonyl (C=O) groups excluding carboxylic acids is 1. The van der Waals surface area contributed by atoms with Crippen LogP contribution in [-0.2, 0) is 0 Å². The van der Waals surface area contributed by atoms with Crippen molar-refractivity contribution in [3.63, 3.8) is 0 Å². The van der Waals surface area contributed by atoms with Crippen LogP contribution in [0.5, 0.6) is 0 Å². The number of nitriles is 1. The van der Waals surface area contributed by atoms with E-state index in [1.807, 2.05) is 6.07 Å². The summed E-state index contributed by atoms with van der Waals surface area (Å²) in [7, 11) is 0. The van der Waals surface area contributed by atoms with Gasteiger partial charge in [0.05, 0.1) is 17.5 Å². The normalized spacial score (nSPS) is 9.83. The fourth-order valence-electron chi connectivity index (χ4n) is 1.50. The number of nitrogens with one attached hydrogen (secondary N) is 1. The van der Waals surface area contributed by atoms with Crippen molar-refractivity contribution in [2.45, 2.75) is 6.92 Å². The van der Waals surface area contributed by atoms with Gasteiger partial charge in [-0.05, 0) is 31.2 Å². The second-order valence-corrected chi connectivity index (χ2v) is 4.60. The Balaban J connectivity index is 2.28. The molecule has 1 aromatic heterocycles. The molecule has 4 nitrogen and oxygen atoms in total. The van der Waals surface area contributed by atoms with E-state index in [0.29, 0.717) is 11.3 Å². The highest BCUT2D eigenvalue weighted by atomic mass is 79.9. The molecule has 0 spiro atoms. The number of hydrogen-bond acceptors (Lipinski definition) is 3. The molecule has 1 aromatic carbocycles. The Morgan fingerprint density at radius 2 is 2.22 bits per heavy atom. The van der Waals surface area contributed by atoms with Crippen molar-refractivity contribution in [3.8, 4) is 6.07 Å². The number of benzene rings is 1. The summed E-state index contributed by atoms with van der Waals surface area (Å²) < 4.78 is 5.87. The van der Waals surface area contributed by atoms with Gasteiger partial charge in [-0.2, -0.15) is 5.26 Å². The van der Waals surface area contributed by atoms with Crippen LogP contribution >= 0.6 is 15.9 Å². The summed E-state index contributed by atoms with van der Waals surface area (Å²) in [5.74, 6) is -0.113. The van der Waals surface area contributed by atoms with Crippen LogP contribution in [0.2, 0.25) is 0 Å². The van der Waals surface area contributed by atoms with Gasteiger partial charge in [0.25, 0.3) is 5.91 Å². The molecule has 0 saturated heterocycles. The molecule has 0 radical (unpaired) electrons. The molecule has 1 amide bonds. The number of amides is 1. The molecular weight excluding hydrogens is 296 g/mol. The van der Waals surface area contributed by atoms with Gasteiger partial charge in [0.1, 0.15) is 6.07 Å². The number of carbonyl (C=O) groups is 1. The fraction of sp³-hybridized carbons (Fsp3) is 0.0769. The number of aryl methyl sites for hydroxylation is 1. The SMILES string of the molecule is Cc1ccoc1C(=O)Nc1ccc(Br)cc1C#N. The maximum atomic E-state index is 11.9. The largest absolute Gasteiger partial charge is 0.459 e. The van der Waals surface area contributed by atoms with Crippen LogP contribution < -0.4 is 5.32 Å². The predicted octanol–water partition coefficient (Wildman–Crippen LogP) is 3.47. The smallest absolute Gasteiger partial charge is 0.291 e. The minimum Gasteiger partial charge on any atom is -0.459 e. The highest BCUT2D eigenvalue weighted by Crippen LogP contribution is 2.21. The molecule has 0 saturated carbocycles. The predicted molar refractivity (Wildman–Crippen MR) is 70.3 cm³/mol. The number of hydrogen-bond donors (Lipinski definition) is 1. The summed E-state index contributed by atoms with van der Waals surface area (Å²) in [6.45, 7) is 1.78. The maximum Gasteiger partial charge on any atom is 0.291 e. The van der Waals surface area contributed by atoms with Crippen LogP contribution in [-0.4, -0.2) is 5.91 Å². The lowest BCUT2D eigenvalue weighted by molar-refractivity contribution is 0.0996. The maximum absolute atomic E-state index is 11.9. The van der Waals surface area contributed by atoms with Crippen LogP contribution in [0.4, 0.5) is 5.69 Å². The van der Waals surface area contributed by atoms with Crippen LogP contribution in [0.15, 0.2) is 39.4 Å². The van der Waals surface area contributed by atoms with E-state index in [1.165, 1.54) is 6.26 Å². The van der Waals surface area contributed by atoms with Crippen LogP contribution in [0.1, 0.15) is 21.7 Å². The van der Waals surface area contributed by atoms with E-state index in [9.17, 15) is 4.79 Å². The minimum absolute atomic E-state index is 0.252. The molecule has 1 N–H and O–H groups in total. The lowest BCUT2D eigenvalue weighted by atomic mass is 10.2. The number of furan rings is 1. The first kappa shape index (κ1) is 12.4. The van der Waals surface area contributed by atoms with Crippen molar-refractivity contribution in [3.05, 3.63) is 51.9 Å². The summed E-state index contributed by atoms with van der Waals surface area (Å²) in [5.41, 5.74) is 1.60. The van der Waals surface area contributed by atoms with E-state index in [2.05, 4.69) is 21.2 Å². The van der Waals surface area contributed by atoms with Crippen LogP contribution in [0.25, 0.3) is 0 Å². The average molecular weight is 305 g/mol. The third-order valence-electron chi connectivity index (χ3n) is 2.42. The Bertz CT molecular complexity index is 641. The number of halogens is 1. The molecule has 0 fully saturated rings. The summed E-state index contributed by atoms with van der Waals surface area (Å²) in [6, 6.07) is 8.80. The van der Waals surface area contributed by atoms with Gasteiger partial charge in [0.2, 0.25) is 0 Å². The second kappa shape index (κ2) is 5.07. The molecule has 2 rings (SSSR count). The van der Waals surface area contributed by atoms with Crippen LogP contribution in [0.3, 0.4) is 0 Å². The third kappa shape index (κ3) is 2.44. The molecule has 5 heteroatoms. The molecule has 0 aliphatic rings. The Morgan fingerprint density at radius 3 is 2.83 bits per heavy atom. The Hall–Kier alpha value is -2.06. The zero-order valence-electron chi connectivity index (χ0n) is 9.53. The summed E-state index contributed by atoms with van der Waals surface area (Å²) in [5, 5.41) is 11.7. The van der Waals surface area contributed by atoms with Gasteiger partial charge in [-0.25, -0.2) is 0 Å². The molecule has 0 aliphatic heterocycles. The van der Waals surface area contributed by atoms with E-state index < -0.39 is 0 Å². The van der Waals surface area contributed by atoms with E-state index in [0.717, 1.165) is 10.0 Å². The number of rotatable bonds is 2. The van der Waals surface area contributed by atoms with Gasteiger partial charge in [0.15, 0.2) is 5.76 Å². The highest BCUT2D eigenvalue weighted by molar-refractivity contribution is 9.10. The van der Waals surface area contributed by atoms with Crippen molar-refractivity contribution in [1.82, 2.24) is 0 Å². The molecule has 0 bridgehead atoms. The first-order valence-electron chi connectivity index (χ1n) is 5.17. The van der Waals surface area contributed by atoms with Crippen molar-refractivity contribution in [1.29, 1.82) is 5.26 Å². The zero-order chi connectivity index (χ0) is 13.1. The van der Waals surface area contributed by atoms with Crippen molar-refractivity contribution < 1.29 is 9.21 Å². The Kier molecular flexibility index (Phi) is 3.49. The lowest BCUT2D eigenvalue weighted by Gasteiger charge is -2.06. The third-order valence-corrected chi connectivity index (χ3v) is 2.91. The summed E-state index contributed by atoms with van der Waals surface area (Å²) in [6.07, 6.45) is 1.46. The first-order chi connectivity index (χ1) is 8.61. The monoisotopic (exact) mass is 304 g/mol. The minimum atomic E-state index is -0.365. The van der Waals surface area contributed by atoms with E-state index in [4.69, 9.17) is 9.68 Å². The van der Waals surface area contributed by atoms with Gasteiger partial charge < -0.3 is 9.73 Å². The second-order valence-electron chi connectivity index (χ2n) is 3.69. The highest BCUT2D eigenvalue weighted by Gasteiger charge is 2.14.